The first-order valence-electron chi connectivity index (χ1n) is 6.47. The third kappa shape index (κ3) is 2.45. The summed E-state index contributed by atoms with van der Waals surface area (Å²) >= 11 is 3.40. The van der Waals surface area contributed by atoms with Gasteiger partial charge in [0, 0.05) is 10.0 Å². The van der Waals surface area contributed by atoms with Crippen molar-refractivity contribution in [3.8, 4) is 0 Å². The van der Waals surface area contributed by atoms with Gasteiger partial charge in [-0.1, -0.05) is 41.1 Å². The molecule has 1 aromatic carbocycles. The van der Waals surface area contributed by atoms with Crippen LogP contribution in [0.15, 0.2) is 28.7 Å². The first-order chi connectivity index (χ1) is 9.40. The molecule has 1 aromatic rings. The lowest BCUT2D eigenvalue weighted by molar-refractivity contribution is -0.132. The van der Waals surface area contributed by atoms with Crippen LogP contribution < -0.4 is 5.32 Å². The summed E-state index contributed by atoms with van der Waals surface area (Å²) < 4.78 is 0.758. The molecule has 0 spiro atoms. The number of hydrogen-bond acceptors (Lipinski definition) is 3. The quantitative estimate of drug-likeness (QED) is 0.823. The summed E-state index contributed by atoms with van der Waals surface area (Å²) in [7, 11) is 0. The van der Waals surface area contributed by atoms with Crippen molar-refractivity contribution in [3.63, 3.8) is 0 Å². The maximum absolute atomic E-state index is 12.6. The van der Waals surface area contributed by atoms with E-state index < -0.39 is 17.7 Å². The summed E-state index contributed by atoms with van der Waals surface area (Å²) in [5.74, 6) is -0.345. The number of halogens is 1. The van der Waals surface area contributed by atoms with Gasteiger partial charge in [0.05, 0.1) is 12.6 Å². The van der Waals surface area contributed by atoms with Gasteiger partial charge in [-0.25, -0.2) is 4.79 Å². The van der Waals surface area contributed by atoms with Gasteiger partial charge in [-0.2, -0.15) is 0 Å². The highest BCUT2D eigenvalue weighted by Crippen LogP contribution is 2.33. The van der Waals surface area contributed by atoms with Crippen LogP contribution in [0.3, 0.4) is 0 Å². The molecule has 1 aliphatic heterocycles. The largest absolute Gasteiger partial charge is 0.391 e. The van der Waals surface area contributed by atoms with Gasteiger partial charge in [-0.15, -0.1) is 0 Å². The summed E-state index contributed by atoms with van der Waals surface area (Å²) in [5, 5.41) is 12.4. The van der Waals surface area contributed by atoms with Crippen LogP contribution in [0.25, 0.3) is 0 Å². The number of imide groups is 1. The minimum Gasteiger partial charge on any atom is -0.391 e. The summed E-state index contributed by atoms with van der Waals surface area (Å²) in [6.45, 7) is 3.49. The van der Waals surface area contributed by atoms with E-state index in [4.69, 9.17) is 0 Å². The van der Waals surface area contributed by atoms with Crippen LogP contribution in [-0.4, -0.2) is 34.6 Å². The number of rotatable bonds is 4. The lowest BCUT2D eigenvalue weighted by Gasteiger charge is -2.24. The van der Waals surface area contributed by atoms with Gasteiger partial charge in [0.2, 0.25) is 0 Å². The Morgan fingerprint density at radius 3 is 2.65 bits per heavy atom. The van der Waals surface area contributed by atoms with Gasteiger partial charge < -0.3 is 10.4 Å². The molecule has 0 saturated carbocycles. The molecule has 0 bridgehead atoms. The van der Waals surface area contributed by atoms with E-state index in [2.05, 4.69) is 21.2 Å². The molecule has 0 aliphatic carbocycles. The number of hydrogen-bond donors (Lipinski definition) is 2. The Morgan fingerprint density at radius 2 is 2.05 bits per heavy atom. The molecule has 3 amide bonds. The zero-order valence-corrected chi connectivity index (χ0v) is 13.0. The highest BCUT2D eigenvalue weighted by Gasteiger charge is 2.49. The normalized spacial score (nSPS) is 23.9. The molecule has 108 valence electrons. The Hall–Kier alpha value is -1.40. The molecule has 1 heterocycles. The predicted molar refractivity (Wildman–Crippen MR) is 78.0 cm³/mol. The predicted octanol–water partition coefficient (Wildman–Crippen LogP) is 1.99. The van der Waals surface area contributed by atoms with Crippen LogP contribution >= 0.6 is 15.9 Å². The first kappa shape index (κ1) is 15.0. The third-order valence-corrected chi connectivity index (χ3v) is 4.24. The molecule has 1 aliphatic rings. The lowest BCUT2D eigenvalue weighted by atomic mass is 9.92. The average Bonchev–Trinajstić information content (AvgIpc) is 2.63. The number of urea groups is 1. The van der Waals surface area contributed by atoms with Gasteiger partial charge >= 0.3 is 6.03 Å². The second-order valence-electron chi connectivity index (χ2n) is 5.01. The van der Waals surface area contributed by atoms with E-state index in [9.17, 15) is 14.7 Å². The van der Waals surface area contributed by atoms with Crippen molar-refractivity contribution in [2.24, 2.45) is 0 Å². The molecule has 6 heteroatoms. The molecule has 0 radical (unpaired) electrons. The topological polar surface area (TPSA) is 69.6 Å². The zero-order valence-electron chi connectivity index (χ0n) is 11.4. The van der Waals surface area contributed by atoms with Crippen molar-refractivity contribution in [2.75, 3.05) is 6.54 Å². The van der Waals surface area contributed by atoms with Crippen molar-refractivity contribution >= 4 is 27.9 Å². The minimum absolute atomic E-state index is 0.0151. The summed E-state index contributed by atoms with van der Waals surface area (Å²) in [5.41, 5.74) is -0.406. The molecule has 1 fully saturated rings. The van der Waals surface area contributed by atoms with E-state index in [0.29, 0.717) is 12.0 Å². The number of carbonyl (C=O) groups is 2. The fraction of sp³-hybridized carbons (Fsp3) is 0.429. The van der Waals surface area contributed by atoms with Crippen LogP contribution in [0.5, 0.6) is 0 Å². The molecule has 0 aromatic heterocycles. The lowest BCUT2D eigenvalue weighted by Crippen LogP contribution is -2.42. The molecular formula is C14H17BrN2O3. The maximum atomic E-state index is 12.6. The van der Waals surface area contributed by atoms with E-state index in [1.807, 2.05) is 18.2 Å². The van der Waals surface area contributed by atoms with Crippen molar-refractivity contribution in [3.05, 3.63) is 34.3 Å². The van der Waals surface area contributed by atoms with Gasteiger partial charge in [-0.05, 0) is 19.4 Å². The van der Waals surface area contributed by atoms with Crippen LogP contribution in [0, 0.1) is 0 Å². The van der Waals surface area contributed by atoms with E-state index in [0.717, 1.165) is 9.37 Å². The number of aliphatic hydroxyl groups is 1. The monoisotopic (exact) mass is 340 g/mol. The molecular weight excluding hydrogens is 324 g/mol. The molecule has 1 saturated heterocycles. The van der Waals surface area contributed by atoms with E-state index in [1.165, 1.54) is 0 Å². The summed E-state index contributed by atoms with van der Waals surface area (Å²) in [4.78, 5) is 25.6. The third-order valence-electron chi connectivity index (χ3n) is 3.55. The van der Waals surface area contributed by atoms with E-state index >= 15 is 0 Å². The zero-order chi connectivity index (χ0) is 14.9. The van der Waals surface area contributed by atoms with E-state index in [1.54, 1.807) is 19.9 Å². The number of β-amino-alcohol motifs (C(OH)–C–C–N with tert-alkyl or cyclic N) is 1. The van der Waals surface area contributed by atoms with Crippen LogP contribution in [0.4, 0.5) is 4.79 Å². The highest BCUT2D eigenvalue weighted by atomic mass is 79.9. The highest BCUT2D eigenvalue weighted by molar-refractivity contribution is 9.10. The summed E-state index contributed by atoms with van der Waals surface area (Å²) in [6, 6.07) is 6.80. The van der Waals surface area contributed by atoms with Crippen LogP contribution in [0.1, 0.15) is 25.8 Å². The van der Waals surface area contributed by atoms with Crippen molar-refractivity contribution in [2.45, 2.75) is 31.9 Å². The SMILES string of the molecule is CC[C@@H](O)CN1C(=O)N[C@](C)(c2ccccc2Br)C1=O. The number of aliphatic hydroxyl groups excluding tert-OH is 1. The van der Waals surface area contributed by atoms with Gasteiger partial charge in [0.1, 0.15) is 5.54 Å². The second-order valence-corrected chi connectivity index (χ2v) is 5.87. The molecule has 0 unspecified atom stereocenters. The molecule has 2 atom stereocenters. The molecule has 5 nitrogen and oxygen atoms in total. The Bertz CT molecular complexity index is 549. The maximum Gasteiger partial charge on any atom is 0.325 e. The Balaban J connectivity index is 2.33. The number of nitrogens with one attached hydrogen (secondary N) is 1. The molecule has 2 rings (SSSR count). The smallest absolute Gasteiger partial charge is 0.325 e. The van der Waals surface area contributed by atoms with Crippen molar-refractivity contribution in [1.29, 1.82) is 0 Å². The average molecular weight is 341 g/mol. The Kier molecular flexibility index (Phi) is 4.15. The number of nitrogens with zero attached hydrogens (tertiary/aromatic N) is 1. The second kappa shape index (κ2) is 5.54. The number of benzene rings is 1. The van der Waals surface area contributed by atoms with Gasteiger partial charge in [-0.3, -0.25) is 9.69 Å². The van der Waals surface area contributed by atoms with Crippen molar-refractivity contribution in [1.82, 2.24) is 10.2 Å². The standard InChI is InChI=1S/C14H17BrN2O3/c1-3-9(18)8-17-12(19)14(2,16-13(17)20)10-6-4-5-7-11(10)15/h4-7,9,18H,3,8H2,1-2H3,(H,16,20)/t9-,14-/m1/s1. The number of amides is 3. The first-order valence-corrected chi connectivity index (χ1v) is 7.26. The fourth-order valence-corrected chi connectivity index (χ4v) is 2.93. The van der Waals surface area contributed by atoms with Crippen LogP contribution in [0.2, 0.25) is 0 Å². The Labute approximate surface area is 126 Å². The fourth-order valence-electron chi connectivity index (χ4n) is 2.25. The van der Waals surface area contributed by atoms with E-state index in [-0.39, 0.29) is 12.5 Å². The van der Waals surface area contributed by atoms with Gasteiger partial charge in [0.25, 0.3) is 5.91 Å². The molecule has 20 heavy (non-hydrogen) atoms. The minimum atomic E-state index is -1.11. The van der Waals surface area contributed by atoms with Gasteiger partial charge in [0.15, 0.2) is 0 Å². The molecule has 2 N–H and O–H groups in total. The Morgan fingerprint density at radius 1 is 1.40 bits per heavy atom. The summed E-state index contributed by atoms with van der Waals surface area (Å²) in [6.07, 6.45) is -0.214. The van der Waals surface area contributed by atoms with Crippen LogP contribution in [-0.2, 0) is 10.3 Å². The van der Waals surface area contributed by atoms with Crippen molar-refractivity contribution < 1.29 is 14.7 Å². The number of carbonyl (C=O) groups excluding carboxylic acids is 2.